The van der Waals surface area contributed by atoms with Crippen molar-refractivity contribution < 1.29 is 9.90 Å². The van der Waals surface area contributed by atoms with Crippen LogP contribution in [-0.4, -0.2) is 37.7 Å². The highest BCUT2D eigenvalue weighted by atomic mass is 16.3. The maximum absolute atomic E-state index is 11.7. The molecule has 0 fully saturated rings. The summed E-state index contributed by atoms with van der Waals surface area (Å²) in [5, 5.41) is 18.1. The molecule has 2 rings (SSSR count). The van der Waals surface area contributed by atoms with Crippen molar-refractivity contribution in [2.45, 2.75) is 6.42 Å². The van der Waals surface area contributed by atoms with Gasteiger partial charge >= 0.3 is 0 Å². The number of pyridine rings is 1. The quantitative estimate of drug-likeness (QED) is 0.563. The van der Waals surface area contributed by atoms with Gasteiger partial charge in [-0.15, -0.1) is 0 Å². The summed E-state index contributed by atoms with van der Waals surface area (Å²) >= 11 is 0. The fraction of sp³-hybridized carbons (Fsp3) is 0.200. The van der Waals surface area contributed by atoms with E-state index in [1.807, 2.05) is 0 Å². The number of H-pyrrole nitrogens is 2. The van der Waals surface area contributed by atoms with Crippen LogP contribution in [0.1, 0.15) is 16.2 Å². The highest BCUT2D eigenvalue weighted by Gasteiger charge is 2.07. The first-order valence-corrected chi connectivity index (χ1v) is 5.21. The normalized spacial score (nSPS) is 10.2. The molecular formula is C10H11N5O3. The summed E-state index contributed by atoms with van der Waals surface area (Å²) in [4.78, 5) is 28.8. The Balaban J connectivity index is 1.93. The van der Waals surface area contributed by atoms with E-state index in [2.05, 4.69) is 25.5 Å². The molecule has 0 aliphatic heterocycles. The van der Waals surface area contributed by atoms with E-state index in [0.717, 1.165) is 6.07 Å². The molecule has 0 saturated heterocycles. The van der Waals surface area contributed by atoms with Crippen molar-refractivity contribution in [3.8, 4) is 5.88 Å². The van der Waals surface area contributed by atoms with Gasteiger partial charge in [0.25, 0.3) is 11.5 Å². The Hall–Kier alpha value is -2.64. The number of aromatic amines is 2. The first-order valence-electron chi connectivity index (χ1n) is 5.21. The maximum atomic E-state index is 11.7. The molecule has 18 heavy (non-hydrogen) atoms. The number of amides is 1. The Morgan fingerprint density at radius 1 is 1.44 bits per heavy atom. The Morgan fingerprint density at radius 2 is 2.28 bits per heavy atom. The molecule has 0 atom stereocenters. The number of carbonyl (C=O) groups excluding carboxylic acids is 1. The molecule has 4 N–H and O–H groups in total. The third-order valence-electron chi connectivity index (χ3n) is 2.20. The van der Waals surface area contributed by atoms with E-state index < -0.39 is 11.5 Å². The molecule has 8 heteroatoms. The first-order chi connectivity index (χ1) is 8.65. The number of aromatic nitrogens is 4. The largest absolute Gasteiger partial charge is 0.494 e. The minimum Gasteiger partial charge on any atom is -0.494 e. The average Bonchev–Trinajstić information content (AvgIpc) is 2.80. The van der Waals surface area contributed by atoms with E-state index in [0.29, 0.717) is 18.8 Å². The Kier molecular flexibility index (Phi) is 3.37. The molecule has 2 aromatic rings. The van der Waals surface area contributed by atoms with Crippen LogP contribution in [-0.2, 0) is 6.42 Å². The van der Waals surface area contributed by atoms with Crippen molar-refractivity contribution in [2.24, 2.45) is 0 Å². The van der Waals surface area contributed by atoms with E-state index in [9.17, 15) is 9.59 Å². The summed E-state index contributed by atoms with van der Waals surface area (Å²) in [6.07, 6.45) is 1.88. The van der Waals surface area contributed by atoms with Crippen LogP contribution in [0.25, 0.3) is 0 Å². The zero-order valence-electron chi connectivity index (χ0n) is 9.30. The standard InChI is InChI=1S/C10H11N5O3/c16-8-3-6(4-9(17)14-8)10(18)11-2-1-7-12-5-13-15-7/h3-5H,1-2H2,(H,11,18)(H,12,13,15)(H2,14,16,17). The minimum atomic E-state index is -0.532. The van der Waals surface area contributed by atoms with Crippen LogP contribution in [0.3, 0.4) is 0 Å². The predicted molar refractivity (Wildman–Crippen MR) is 61.1 cm³/mol. The van der Waals surface area contributed by atoms with Gasteiger partial charge < -0.3 is 10.4 Å². The fourth-order valence-corrected chi connectivity index (χ4v) is 1.41. The number of nitrogens with zero attached hydrogens (tertiary/aromatic N) is 2. The Bertz CT molecular complexity index is 590. The van der Waals surface area contributed by atoms with Crippen LogP contribution >= 0.6 is 0 Å². The van der Waals surface area contributed by atoms with Crippen LogP contribution < -0.4 is 10.9 Å². The highest BCUT2D eigenvalue weighted by molar-refractivity contribution is 5.94. The molecule has 2 aromatic heterocycles. The summed E-state index contributed by atoms with van der Waals surface area (Å²) in [5.41, 5.74) is -0.427. The molecule has 8 nitrogen and oxygen atoms in total. The predicted octanol–water partition coefficient (Wildman–Crippen LogP) is -0.829. The van der Waals surface area contributed by atoms with Crippen LogP contribution in [0, 0.1) is 0 Å². The summed E-state index contributed by atoms with van der Waals surface area (Å²) in [6.45, 7) is 0.349. The van der Waals surface area contributed by atoms with Crippen LogP contribution in [0.4, 0.5) is 0 Å². The second-order valence-corrected chi connectivity index (χ2v) is 3.56. The van der Waals surface area contributed by atoms with E-state index in [4.69, 9.17) is 5.11 Å². The van der Waals surface area contributed by atoms with Gasteiger partial charge in [-0.05, 0) is 0 Å². The van der Waals surface area contributed by atoms with Gasteiger partial charge in [0.1, 0.15) is 12.2 Å². The lowest BCUT2D eigenvalue weighted by atomic mass is 10.2. The average molecular weight is 249 g/mol. The van der Waals surface area contributed by atoms with Crippen molar-refractivity contribution in [1.29, 1.82) is 0 Å². The molecule has 94 valence electrons. The van der Waals surface area contributed by atoms with Crippen LogP contribution in [0.15, 0.2) is 23.3 Å². The van der Waals surface area contributed by atoms with E-state index in [1.54, 1.807) is 0 Å². The van der Waals surface area contributed by atoms with Gasteiger partial charge in [-0.3, -0.25) is 19.7 Å². The molecule has 0 radical (unpaired) electrons. The van der Waals surface area contributed by atoms with E-state index in [-0.39, 0.29) is 11.4 Å². The van der Waals surface area contributed by atoms with Crippen molar-refractivity contribution in [1.82, 2.24) is 25.5 Å². The molecule has 0 aliphatic rings. The molecule has 0 bridgehead atoms. The number of rotatable bonds is 4. The zero-order valence-corrected chi connectivity index (χ0v) is 9.30. The molecular weight excluding hydrogens is 238 g/mol. The van der Waals surface area contributed by atoms with Crippen molar-refractivity contribution in [3.63, 3.8) is 0 Å². The molecule has 0 aliphatic carbocycles. The molecule has 0 aromatic carbocycles. The smallest absolute Gasteiger partial charge is 0.251 e. The lowest BCUT2D eigenvalue weighted by Crippen LogP contribution is -2.27. The van der Waals surface area contributed by atoms with Crippen molar-refractivity contribution in [2.75, 3.05) is 6.54 Å². The summed E-state index contributed by atoms with van der Waals surface area (Å²) in [6, 6.07) is 2.30. The Labute approximate surface area is 101 Å². The van der Waals surface area contributed by atoms with Crippen molar-refractivity contribution in [3.05, 3.63) is 40.2 Å². The second-order valence-electron chi connectivity index (χ2n) is 3.56. The van der Waals surface area contributed by atoms with Gasteiger partial charge in [0.2, 0.25) is 0 Å². The molecule has 0 spiro atoms. The lowest BCUT2D eigenvalue weighted by molar-refractivity contribution is 0.0953. The number of carbonyl (C=O) groups is 1. The molecule has 1 amide bonds. The molecule has 0 unspecified atom stereocenters. The lowest BCUT2D eigenvalue weighted by Gasteiger charge is -2.03. The topological polar surface area (TPSA) is 124 Å². The number of hydrogen-bond acceptors (Lipinski definition) is 5. The highest BCUT2D eigenvalue weighted by Crippen LogP contribution is 2.03. The van der Waals surface area contributed by atoms with Gasteiger partial charge in [0, 0.05) is 25.1 Å². The minimum absolute atomic E-state index is 0.105. The van der Waals surface area contributed by atoms with Crippen molar-refractivity contribution >= 4 is 5.91 Å². The van der Waals surface area contributed by atoms with Gasteiger partial charge in [0.05, 0.1) is 5.56 Å². The molecule has 0 saturated carbocycles. The van der Waals surface area contributed by atoms with Gasteiger partial charge in [0.15, 0.2) is 5.88 Å². The summed E-state index contributed by atoms with van der Waals surface area (Å²) < 4.78 is 0. The third kappa shape index (κ3) is 2.94. The van der Waals surface area contributed by atoms with Gasteiger partial charge in [-0.1, -0.05) is 0 Å². The number of hydrogen-bond donors (Lipinski definition) is 4. The fourth-order valence-electron chi connectivity index (χ4n) is 1.41. The third-order valence-corrected chi connectivity index (χ3v) is 2.20. The molecule has 2 heterocycles. The number of aromatic hydroxyl groups is 1. The van der Waals surface area contributed by atoms with E-state index in [1.165, 1.54) is 12.4 Å². The summed E-state index contributed by atoms with van der Waals surface area (Å²) in [5.74, 6) is -0.122. The Morgan fingerprint density at radius 3 is 2.94 bits per heavy atom. The van der Waals surface area contributed by atoms with Gasteiger partial charge in [-0.2, -0.15) is 5.10 Å². The first kappa shape index (κ1) is 11.8. The number of nitrogens with one attached hydrogen (secondary N) is 3. The second kappa shape index (κ2) is 5.13. The van der Waals surface area contributed by atoms with Gasteiger partial charge in [-0.25, -0.2) is 4.98 Å². The maximum Gasteiger partial charge on any atom is 0.251 e. The van der Waals surface area contributed by atoms with E-state index >= 15 is 0 Å². The zero-order chi connectivity index (χ0) is 13.0. The van der Waals surface area contributed by atoms with Crippen LogP contribution in [0.5, 0.6) is 5.88 Å². The summed E-state index contributed by atoms with van der Waals surface area (Å²) in [7, 11) is 0. The SMILES string of the molecule is O=C(NCCc1ncn[nH]1)c1cc(O)[nH]c(=O)c1. The monoisotopic (exact) mass is 249 g/mol. The van der Waals surface area contributed by atoms with Crippen LogP contribution in [0.2, 0.25) is 0 Å².